The number of unbranched alkanes of at least 4 members (excludes halogenated alkanes) is 24. The quantitative estimate of drug-likeness (QED) is 0.0822. The highest BCUT2D eigenvalue weighted by Crippen LogP contribution is 2.36. The topological polar surface area (TPSA) is 58.2 Å². The van der Waals surface area contributed by atoms with Crippen molar-refractivity contribution >= 4 is 23.2 Å². The van der Waals surface area contributed by atoms with Crippen molar-refractivity contribution in [3.63, 3.8) is 0 Å². The number of benzene rings is 1. The summed E-state index contributed by atoms with van der Waals surface area (Å²) in [5.74, 6) is 0.113. The molecule has 4 nitrogen and oxygen atoms in total. The fourth-order valence-electron chi connectivity index (χ4n) is 6.64. The molecule has 4 heteroatoms. The van der Waals surface area contributed by atoms with Crippen LogP contribution in [0, 0.1) is 27.7 Å². The Hall–Kier alpha value is -1.84. The highest BCUT2D eigenvalue weighted by molar-refractivity contribution is 6.02. The second-order valence-electron chi connectivity index (χ2n) is 14.3. The van der Waals surface area contributed by atoms with Crippen LogP contribution in [0.1, 0.15) is 216 Å². The van der Waals surface area contributed by atoms with Gasteiger partial charge in [-0.1, -0.05) is 168 Å². The van der Waals surface area contributed by atoms with Gasteiger partial charge in [0.25, 0.3) is 0 Å². The zero-order chi connectivity index (χ0) is 33.8. The van der Waals surface area contributed by atoms with E-state index in [2.05, 4.69) is 52.2 Å². The van der Waals surface area contributed by atoms with Crippen LogP contribution in [-0.2, 0) is 9.59 Å². The number of nitrogens with one attached hydrogen (secondary N) is 2. The van der Waals surface area contributed by atoms with Gasteiger partial charge in [-0.25, -0.2) is 0 Å². The number of carbonyl (C=O) groups excluding carboxylic acids is 2. The summed E-state index contributed by atoms with van der Waals surface area (Å²) in [5.41, 5.74) is 6.06. The maximum absolute atomic E-state index is 13.0. The maximum atomic E-state index is 13.0. The lowest BCUT2D eigenvalue weighted by molar-refractivity contribution is -0.117. The van der Waals surface area contributed by atoms with E-state index in [0.29, 0.717) is 12.8 Å². The van der Waals surface area contributed by atoms with Gasteiger partial charge < -0.3 is 10.6 Å². The van der Waals surface area contributed by atoms with Crippen LogP contribution in [0.5, 0.6) is 0 Å². The molecular weight excluding hydrogens is 564 g/mol. The summed E-state index contributed by atoms with van der Waals surface area (Å²) in [7, 11) is 0. The summed E-state index contributed by atoms with van der Waals surface area (Å²) < 4.78 is 0. The Morgan fingerprint density at radius 3 is 0.804 bits per heavy atom. The minimum absolute atomic E-state index is 0.0563. The average Bonchev–Trinajstić information content (AvgIpc) is 3.05. The smallest absolute Gasteiger partial charge is 0.224 e. The zero-order valence-electron chi connectivity index (χ0n) is 31.6. The molecule has 1 rings (SSSR count). The van der Waals surface area contributed by atoms with Crippen molar-refractivity contribution in [1.82, 2.24) is 0 Å². The predicted octanol–water partition coefficient (Wildman–Crippen LogP) is 13.8. The Morgan fingerprint density at radius 2 is 0.565 bits per heavy atom. The summed E-state index contributed by atoms with van der Waals surface area (Å²) in [6.07, 6.45) is 34.9. The number of carbonyl (C=O) groups is 2. The van der Waals surface area contributed by atoms with Gasteiger partial charge in [0.05, 0.1) is 11.4 Å². The molecule has 1 aromatic rings. The van der Waals surface area contributed by atoms with Crippen LogP contribution in [-0.4, -0.2) is 11.8 Å². The summed E-state index contributed by atoms with van der Waals surface area (Å²) in [4.78, 5) is 26.0. The van der Waals surface area contributed by atoms with Gasteiger partial charge >= 0.3 is 0 Å². The van der Waals surface area contributed by atoms with Crippen molar-refractivity contribution in [2.45, 2.75) is 221 Å². The van der Waals surface area contributed by atoms with Crippen molar-refractivity contribution in [2.75, 3.05) is 10.6 Å². The first kappa shape index (κ1) is 42.2. The van der Waals surface area contributed by atoms with Gasteiger partial charge in [0.2, 0.25) is 11.8 Å². The Bertz CT molecular complexity index is 863. The standard InChI is InChI=1S/C42H76N2O2/c1-7-9-11-13-15-17-19-21-23-25-27-29-31-33-39(45)43-41-37(5)35(3)36(4)38(6)42(41)44-40(46)34-32-30-28-26-24-22-20-18-16-14-12-10-8-2/h7-34H2,1-6H3,(H,43,45)(H,44,46). The van der Waals surface area contributed by atoms with Crippen LogP contribution in [0.25, 0.3) is 0 Å². The van der Waals surface area contributed by atoms with E-state index in [4.69, 9.17) is 0 Å². The molecule has 0 radical (unpaired) electrons. The van der Waals surface area contributed by atoms with E-state index in [1.807, 2.05) is 0 Å². The van der Waals surface area contributed by atoms with Crippen molar-refractivity contribution in [3.05, 3.63) is 22.3 Å². The molecule has 2 amide bonds. The van der Waals surface area contributed by atoms with Gasteiger partial charge in [-0.05, 0) is 62.8 Å². The minimum Gasteiger partial charge on any atom is -0.324 e. The van der Waals surface area contributed by atoms with Crippen LogP contribution < -0.4 is 10.6 Å². The molecule has 0 spiro atoms. The predicted molar refractivity (Wildman–Crippen MR) is 203 cm³/mol. The van der Waals surface area contributed by atoms with E-state index in [1.54, 1.807) is 0 Å². The average molecular weight is 641 g/mol. The molecule has 46 heavy (non-hydrogen) atoms. The normalized spacial score (nSPS) is 11.3. The van der Waals surface area contributed by atoms with Crippen LogP contribution in [0.2, 0.25) is 0 Å². The van der Waals surface area contributed by atoms with Crippen molar-refractivity contribution < 1.29 is 9.59 Å². The highest BCUT2D eigenvalue weighted by atomic mass is 16.2. The molecule has 0 heterocycles. The van der Waals surface area contributed by atoms with E-state index < -0.39 is 0 Å². The van der Waals surface area contributed by atoms with E-state index >= 15 is 0 Å². The molecule has 0 aliphatic heterocycles. The van der Waals surface area contributed by atoms with Gasteiger partial charge in [-0.15, -0.1) is 0 Å². The Balaban J connectivity index is 2.34. The second-order valence-corrected chi connectivity index (χ2v) is 14.3. The number of amides is 2. The molecule has 0 aliphatic carbocycles. The number of rotatable bonds is 30. The Labute approximate surface area is 286 Å². The van der Waals surface area contributed by atoms with Crippen LogP contribution >= 0.6 is 0 Å². The lowest BCUT2D eigenvalue weighted by Gasteiger charge is -2.22. The van der Waals surface area contributed by atoms with Gasteiger partial charge in [0.1, 0.15) is 0 Å². The van der Waals surface area contributed by atoms with E-state index in [1.165, 1.54) is 152 Å². The lowest BCUT2D eigenvalue weighted by Crippen LogP contribution is -2.19. The first-order chi connectivity index (χ1) is 22.3. The fraction of sp³-hybridized carbons (Fsp3) is 0.810. The molecule has 0 aliphatic rings. The van der Waals surface area contributed by atoms with E-state index in [-0.39, 0.29) is 11.8 Å². The van der Waals surface area contributed by atoms with E-state index in [9.17, 15) is 9.59 Å². The first-order valence-electron chi connectivity index (χ1n) is 20.0. The third kappa shape index (κ3) is 19.7. The van der Waals surface area contributed by atoms with Gasteiger partial charge in [0.15, 0.2) is 0 Å². The Kier molecular flexibility index (Phi) is 25.9. The van der Waals surface area contributed by atoms with Crippen molar-refractivity contribution in [1.29, 1.82) is 0 Å². The van der Waals surface area contributed by atoms with Crippen LogP contribution in [0.4, 0.5) is 11.4 Å². The second kappa shape index (κ2) is 28.2. The third-order valence-corrected chi connectivity index (χ3v) is 10.2. The van der Waals surface area contributed by atoms with Crippen LogP contribution in [0.3, 0.4) is 0 Å². The SMILES string of the molecule is CCCCCCCCCCCCCCCC(=O)Nc1c(C)c(C)c(C)c(C)c1NC(=O)CCCCCCCCCCCCCCC. The molecule has 0 bridgehead atoms. The van der Waals surface area contributed by atoms with E-state index in [0.717, 1.165) is 48.2 Å². The molecule has 0 fully saturated rings. The molecule has 0 unspecified atom stereocenters. The summed E-state index contributed by atoms with van der Waals surface area (Å²) in [5, 5.41) is 6.40. The molecule has 0 aromatic heterocycles. The molecule has 2 N–H and O–H groups in total. The number of hydrogen-bond acceptors (Lipinski definition) is 2. The number of anilines is 2. The highest BCUT2D eigenvalue weighted by Gasteiger charge is 2.19. The van der Waals surface area contributed by atoms with Gasteiger partial charge in [-0.2, -0.15) is 0 Å². The monoisotopic (exact) mass is 641 g/mol. The maximum Gasteiger partial charge on any atom is 0.224 e. The lowest BCUT2D eigenvalue weighted by atomic mass is 9.95. The fourth-order valence-corrected chi connectivity index (χ4v) is 6.64. The van der Waals surface area contributed by atoms with Crippen LogP contribution in [0.15, 0.2) is 0 Å². The van der Waals surface area contributed by atoms with Gasteiger partial charge in [-0.3, -0.25) is 9.59 Å². The third-order valence-electron chi connectivity index (χ3n) is 10.2. The van der Waals surface area contributed by atoms with Crippen molar-refractivity contribution in [3.8, 4) is 0 Å². The van der Waals surface area contributed by atoms with Gasteiger partial charge in [0, 0.05) is 12.8 Å². The molecule has 0 saturated carbocycles. The van der Waals surface area contributed by atoms with Crippen molar-refractivity contribution in [2.24, 2.45) is 0 Å². The summed E-state index contributed by atoms with van der Waals surface area (Å²) >= 11 is 0. The number of hydrogen-bond donors (Lipinski definition) is 2. The summed E-state index contributed by atoms with van der Waals surface area (Å²) in [6, 6.07) is 0. The molecule has 0 atom stereocenters. The Morgan fingerprint density at radius 1 is 0.348 bits per heavy atom. The minimum atomic E-state index is 0.0563. The molecule has 0 saturated heterocycles. The largest absolute Gasteiger partial charge is 0.324 e. The molecular formula is C42H76N2O2. The summed E-state index contributed by atoms with van der Waals surface area (Å²) in [6.45, 7) is 12.9. The zero-order valence-corrected chi connectivity index (χ0v) is 31.6. The molecule has 1 aromatic carbocycles. The molecule has 266 valence electrons. The first-order valence-corrected chi connectivity index (χ1v) is 20.0.